The molecule has 1 heterocycles. The molecule has 0 saturated carbocycles. The van der Waals surface area contributed by atoms with Crippen molar-refractivity contribution in [2.75, 3.05) is 5.32 Å². The van der Waals surface area contributed by atoms with Crippen LogP contribution in [0.15, 0.2) is 46.9 Å². The molecule has 1 amide bonds. The molecule has 7 nitrogen and oxygen atoms in total. The Hall–Kier alpha value is -3.19. The number of nitro groups is 1. The van der Waals surface area contributed by atoms with Gasteiger partial charge in [0.15, 0.2) is 0 Å². The van der Waals surface area contributed by atoms with Gasteiger partial charge in [0.2, 0.25) is 5.89 Å². The van der Waals surface area contributed by atoms with E-state index in [1.54, 1.807) is 24.3 Å². The van der Waals surface area contributed by atoms with Crippen LogP contribution in [0.2, 0.25) is 5.02 Å². The zero-order chi connectivity index (χ0) is 18.8. The van der Waals surface area contributed by atoms with Gasteiger partial charge in [-0.3, -0.25) is 14.9 Å². The molecular weight excluding hydrogens is 358 g/mol. The third-order valence-corrected chi connectivity index (χ3v) is 4.13. The Bertz CT molecular complexity index is 994. The van der Waals surface area contributed by atoms with Gasteiger partial charge in [-0.25, -0.2) is 4.98 Å². The van der Waals surface area contributed by atoms with E-state index in [9.17, 15) is 14.9 Å². The van der Waals surface area contributed by atoms with Crippen molar-refractivity contribution in [1.82, 2.24) is 4.98 Å². The van der Waals surface area contributed by atoms with E-state index < -0.39 is 10.8 Å². The Morgan fingerprint density at radius 2 is 2.00 bits per heavy atom. The van der Waals surface area contributed by atoms with Gasteiger partial charge in [-0.2, -0.15) is 0 Å². The fraction of sp³-hybridized carbons (Fsp3) is 0.111. The molecule has 0 atom stereocenters. The van der Waals surface area contributed by atoms with Crippen molar-refractivity contribution in [2.24, 2.45) is 0 Å². The molecular formula is C18H14ClN3O4. The molecule has 0 radical (unpaired) electrons. The highest BCUT2D eigenvalue weighted by atomic mass is 35.5. The Morgan fingerprint density at radius 1 is 1.23 bits per heavy atom. The zero-order valence-corrected chi connectivity index (χ0v) is 14.7. The third-order valence-electron chi connectivity index (χ3n) is 3.80. The lowest BCUT2D eigenvalue weighted by Gasteiger charge is -2.07. The van der Waals surface area contributed by atoms with Crippen LogP contribution in [-0.4, -0.2) is 15.8 Å². The van der Waals surface area contributed by atoms with Crippen LogP contribution in [-0.2, 0) is 0 Å². The highest BCUT2D eigenvalue weighted by Crippen LogP contribution is 2.26. The fourth-order valence-corrected chi connectivity index (χ4v) is 2.53. The number of nitro benzene ring substituents is 1. The van der Waals surface area contributed by atoms with E-state index in [2.05, 4.69) is 10.3 Å². The predicted octanol–water partition coefficient (Wildman–Crippen LogP) is 4.77. The van der Waals surface area contributed by atoms with Crippen molar-refractivity contribution in [1.29, 1.82) is 0 Å². The van der Waals surface area contributed by atoms with Crippen LogP contribution in [0.25, 0.3) is 11.5 Å². The summed E-state index contributed by atoms with van der Waals surface area (Å²) in [7, 11) is 0. The highest BCUT2D eigenvalue weighted by molar-refractivity contribution is 6.34. The maximum atomic E-state index is 12.5. The molecule has 26 heavy (non-hydrogen) atoms. The number of rotatable bonds is 4. The number of benzene rings is 2. The van der Waals surface area contributed by atoms with Crippen LogP contribution in [0.5, 0.6) is 0 Å². The highest BCUT2D eigenvalue weighted by Gasteiger charge is 2.16. The first-order valence-electron chi connectivity index (χ1n) is 7.65. The number of aromatic nitrogens is 1. The molecule has 0 saturated heterocycles. The molecule has 1 N–H and O–H groups in total. The van der Waals surface area contributed by atoms with E-state index in [0.717, 1.165) is 17.5 Å². The number of halogens is 1. The number of aryl methyl sites for hydroxylation is 2. The van der Waals surface area contributed by atoms with Gasteiger partial charge in [0, 0.05) is 23.4 Å². The van der Waals surface area contributed by atoms with E-state index in [1.807, 2.05) is 13.8 Å². The first-order chi connectivity index (χ1) is 12.3. The average molecular weight is 372 g/mol. The zero-order valence-electron chi connectivity index (χ0n) is 13.9. The maximum Gasteiger partial charge on any atom is 0.270 e. The first-order valence-corrected chi connectivity index (χ1v) is 8.02. The van der Waals surface area contributed by atoms with E-state index in [1.165, 1.54) is 12.1 Å². The largest absolute Gasteiger partial charge is 0.441 e. The van der Waals surface area contributed by atoms with Crippen LogP contribution < -0.4 is 5.32 Å². The molecule has 0 aliphatic rings. The summed E-state index contributed by atoms with van der Waals surface area (Å²) >= 11 is 6.00. The summed E-state index contributed by atoms with van der Waals surface area (Å²) in [6, 6.07) is 10.7. The second-order valence-electron chi connectivity index (χ2n) is 5.62. The summed E-state index contributed by atoms with van der Waals surface area (Å²) < 4.78 is 5.59. The number of nitrogens with zero attached hydrogens (tertiary/aromatic N) is 2. The molecule has 0 spiro atoms. The Balaban J connectivity index is 1.87. The van der Waals surface area contributed by atoms with Crippen LogP contribution in [0, 0.1) is 24.0 Å². The van der Waals surface area contributed by atoms with Crippen LogP contribution in [0.3, 0.4) is 0 Å². The Kier molecular flexibility index (Phi) is 4.73. The molecule has 8 heteroatoms. The maximum absolute atomic E-state index is 12.5. The molecule has 1 aromatic heterocycles. The lowest BCUT2D eigenvalue weighted by atomic mass is 10.1. The standard InChI is InChI=1S/C18H14ClN3O4/c1-10-11(2)26-18(20-10)12-4-3-5-13(8-12)21-17(23)15-9-14(22(24)25)6-7-16(15)19/h3-9H,1-2H3,(H,21,23). The van der Waals surface area contributed by atoms with Crippen molar-refractivity contribution in [3.8, 4) is 11.5 Å². The number of hydrogen-bond acceptors (Lipinski definition) is 5. The van der Waals surface area contributed by atoms with Crippen LogP contribution in [0.4, 0.5) is 11.4 Å². The van der Waals surface area contributed by atoms with Gasteiger partial charge < -0.3 is 9.73 Å². The minimum Gasteiger partial charge on any atom is -0.441 e. The number of carbonyl (C=O) groups excluding carboxylic acids is 1. The topological polar surface area (TPSA) is 98.3 Å². The van der Waals surface area contributed by atoms with Gasteiger partial charge in [-0.05, 0) is 38.1 Å². The number of non-ortho nitro benzene ring substituents is 1. The SMILES string of the molecule is Cc1nc(-c2cccc(NC(=O)c3cc([N+](=O)[O-])ccc3Cl)c2)oc1C. The number of anilines is 1. The lowest BCUT2D eigenvalue weighted by molar-refractivity contribution is -0.384. The predicted molar refractivity (Wildman–Crippen MR) is 97.5 cm³/mol. The molecule has 0 bridgehead atoms. The van der Waals surface area contributed by atoms with Crippen LogP contribution >= 0.6 is 11.6 Å². The van der Waals surface area contributed by atoms with Crippen molar-refractivity contribution < 1.29 is 14.1 Å². The monoisotopic (exact) mass is 371 g/mol. The number of oxazole rings is 1. The molecule has 132 valence electrons. The number of nitrogens with one attached hydrogen (secondary N) is 1. The van der Waals surface area contributed by atoms with E-state index in [0.29, 0.717) is 17.1 Å². The van der Waals surface area contributed by atoms with Crippen molar-refractivity contribution >= 4 is 28.9 Å². The number of hydrogen-bond donors (Lipinski definition) is 1. The smallest absolute Gasteiger partial charge is 0.270 e. The number of carbonyl (C=O) groups is 1. The lowest BCUT2D eigenvalue weighted by Crippen LogP contribution is -2.12. The Labute approximate surface area is 153 Å². The molecule has 0 aliphatic heterocycles. The molecule has 0 aliphatic carbocycles. The summed E-state index contributed by atoms with van der Waals surface area (Å²) in [6.07, 6.45) is 0. The van der Waals surface area contributed by atoms with Gasteiger partial charge in [-0.1, -0.05) is 17.7 Å². The fourth-order valence-electron chi connectivity index (χ4n) is 2.33. The van der Waals surface area contributed by atoms with Crippen molar-refractivity contribution in [3.05, 3.63) is 74.6 Å². The van der Waals surface area contributed by atoms with E-state index in [-0.39, 0.29) is 16.3 Å². The van der Waals surface area contributed by atoms with Gasteiger partial charge >= 0.3 is 0 Å². The molecule has 0 unspecified atom stereocenters. The second-order valence-corrected chi connectivity index (χ2v) is 6.02. The quantitative estimate of drug-likeness (QED) is 0.526. The van der Waals surface area contributed by atoms with Gasteiger partial charge in [0.25, 0.3) is 11.6 Å². The minimum absolute atomic E-state index is 0.0223. The third kappa shape index (κ3) is 3.57. The van der Waals surface area contributed by atoms with Gasteiger partial charge in [0.1, 0.15) is 5.76 Å². The molecule has 3 aromatic rings. The second kappa shape index (κ2) is 6.97. The molecule has 3 rings (SSSR count). The first kappa shape index (κ1) is 17.6. The van der Waals surface area contributed by atoms with E-state index in [4.69, 9.17) is 16.0 Å². The Morgan fingerprint density at radius 3 is 2.65 bits per heavy atom. The normalized spacial score (nSPS) is 10.6. The molecule has 0 fully saturated rings. The van der Waals surface area contributed by atoms with Gasteiger partial charge in [-0.15, -0.1) is 0 Å². The summed E-state index contributed by atoms with van der Waals surface area (Å²) in [6.45, 7) is 3.67. The average Bonchev–Trinajstić information content (AvgIpc) is 2.94. The summed E-state index contributed by atoms with van der Waals surface area (Å²) in [5.41, 5.74) is 1.79. The van der Waals surface area contributed by atoms with Crippen LogP contribution in [0.1, 0.15) is 21.8 Å². The van der Waals surface area contributed by atoms with Crippen molar-refractivity contribution in [3.63, 3.8) is 0 Å². The summed E-state index contributed by atoms with van der Waals surface area (Å²) in [4.78, 5) is 27.1. The van der Waals surface area contributed by atoms with Crippen molar-refractivity contribution in [2.45, 2.75) is 13.8 Å². The van der Waals surface area contributed by atoms with Gasteiger partial charge in [0.05, 0.1) is 21.2 Å². The summed E-state index contributed by atoms with van der Waals surface area (Å²) in [5.74, 6) is 0.623. The molecule has 2 aromatic carbocycles. The number of amides is 1. The van der Waals surface area contributed by atoms with E-state index >= 15 is 0 Å². The summed E-state index contributed by atoms with van der Waals surface area (Å²) in [5, 5.41) is 13.7. The minimum atomic E-state index is -0.582.